The lowest BCUT2D eigenvalue weighted by Crippen LogP contribution is -2.34. The second kappa shape index (κ2) is 5.81. The number of hydrogen-bond acceptors (Lipinski definition) is 2. The molecule has 1 aliphatic carbocycles. The van der Waals surface area contributed by atoms with E-state index in [0.29, 0.717) is 5.78 Å². The Bertz CT molecular complexity index is 300. The summed E-state index contributed by atoms with van der Waals surface area (Å²) in [5.41, 5.74) is 1.06. The fourth-order valence-electron chi connectivity index (χ4n) is 3.14. The van der Waals surface area contributed by atoms with Crippen LogP contribution in [0.4, 0.5) is 0 Å². The van der Waals surface area contributed by atoms with Crippen LogP contribution in [0.15, 0.2) is 11.6 Å². The predicted molar refractivity (Wildman–Crippen MR) is 71.0 cm³/mol. The van der Waals surface area contributed by atoms with Crippen molar-refractivity contribution in [3.05, 3.63) is 11.6 Å². The number of nitrogens with one attached hydrogen (secondary N) is 1. The first-order chi connectivity index (χ1) is 8.28. The maximum absolute atomic E-state index is 12.7. The summed E-state index contributed by atoms with van der Waals surface area (Å²) in [6.07, 6.45) is 11.4. The molecule has 17 heavy (non-hydrogen) atoms. The third kappa shape index (κ3) is 2.79. The highest BCUT2D eigenvalue weighted by Gasteiger charge is 2.40. The lowest BCUT2D eigenvalue weighted by Gasteiger charge is -2.27. The molecule has 0 aromatic heterocycles. The molecule has 1 unspecified atom stereocenters. The van der Waals surface area contributed by atoms with Gasteiger partial charge in [0.15, 0.2) is 5.78 Å². The molecule has 0 bridgehead atoms. The molecule has 0 spiro atoms. The number of ketones is 1. The zero-order chi connectivity index (χ0) is 12.1. The standard InChI is InChI=1S/C15H25NO/c1-2-15(10-11-16-12-15)14(17)13-8-6-4-3-5-7-9-13/h8,16H,2-7,9-12H2,1H3. The van der Waals surface area contributed by atoms with Crippen LogP contribution >= 0.6 is 0 Å². The van der Waals surface area contributed by atoms with Gasteiger partial charge in [0.25, 0.3) is 0 Å². The van der Waals surface area contributed by atoms with Crippen LogP contribution < -0.4 is 5.32 Å². The number of rotatable bonds is 3. The van der Waals surface area contributed by atoms with Crippen molar-refractivity contribution in [2.24, 2.45) is 5.41 Å². The van der Waals surface area contributed by atoms with Gasteiger partial charge in [-0.15, -0.1) is 0 Å². The summed E-state index contributed by atoms with van der Waals surface area (Å²) in [4.78, 5) is 12.7. The quantitative estimate of drug-likeness (QED) is 0.813. The van der Waals surface area contributed by atoms with Gasteiger partial charge >= 0.3 is 0 Å². The van der Waals surface area contributed by atoms with Crippen molar-refractivity contribution >= 4 is 5.78 Å². The van der Waals surface area contributed by atoms with Crippen molar-refractivity contribution in [1.29, 1.82) is 0 Å². The molecule has 0 radical (unpaired) electrons. The zero-order valence-electron chi connectivity index (χ0n) is 11.1. The van der Waals surface area contributed by atoms with E-state index in [0.717, 1.165) is 44.3 Å². The molecule has 0 aromatic rings. The van der Waals surface area contributed by atoms with Gasteiger partial charge in [-0.25, -0.2) is 0 Å². The summed E-state index contributed by atoms with van der Waals surface area (Å²) in [6.45, 7) is 4.06. The van der Waals surface area contributed by atoms with Gasteiger partial charge in [-0.3, -0.25) is 4.79 Å². The van der Waals surface area contributed by atoms with Crippen LogP contribution in [-0.4, -0.2) is 18.9 Å². The number of carbonyl (C=O) groups excluding carboxylic acids is 1. The lowest BCUT2D eigenvalue weighted by molar-refractivity contribution is -0.124. The van der Waals surface area contributed by atoms with E-state index >= 15 is 0 Å². The highest BCUT2D eigenvalue weighted by atomic mass is 16.1. The lowest BCUT2D eigenvalue weighted by atomic mass is 9.75. The molecule has 1 fully saturated rings. The molecule has 2 heteroatoms. The second-order valence-corrected chi connectivity index (χ2v) is 5.57. The van der Waals surface area contributed by atoms with Gasteiger partial charge in [0, 0.05) is 12.0 Å². The van der Waals surface area contributed by atoms with E-state index in [-0.39, 0.29) is 5.41 Å². The van der Waals surface area contributed by atoms with Crippen LogP contribution in [0, 0.1) is 5.41 Å². The molecule has 1 N–H and O–H groups in total. The first-order valence-corrected chi connectivity index (χ1v) is 7.23. The minimum atomic E-state index is -0.0783. The maximum atomic E-state index is 12.7. The van der Waals surface area contributed by atoms with Crippen LogP contribution in [0.2, 0.25) is 0 Å². The third-order valence-electron chi connectivity index (χ3n) is 4.48. The summed E-state index contributed by atoms with van der Waals surface area (Å²) in [5, 5.41) is 3.36. The summed E-state index contributed by atoms with van der Waals surface area (Å²) in [6, 6.07) is 0. The summed E-state index contributed by atoms with van der Waals surface area (Å²) < 4.78 is 0. The SMILES string of the molecule is CCC1(C(=O)C2=CCCCCCC2)CCNC1. The van der Waals surface area contributed by atoms with Gasteiger partial charge in [0.05, 0.1) is 0 Å². The monoisotopic (exact) mass is 235 g/mol. The van der Waals surface area contributed by atoms with Crippen molar-refractivity contribution < 1.29 is 4.79 Å². The van der Waals surface area contributed by atoms with Crippen LogP contribution in [-0.2, 0) is 4.79 Å². The van der Waals surface area contributed by atoms with E-state index in [1.807, 2.05) is 0 Å². The van der Waals surface area contributed by atoms with Crippen LogP contribution in [0.1, 0.15) is 58.3 Å². The Labute approximate surface area is 105 Å². The van der Waals surface area contributed by atoms with E-state index in [1.165, 1.54) is 25.7 Å². The van der Waals surface area contributed by atoms with Gasteiger partial charge in [-0.2, -0.15) is 0 Å². The molecule has 0 saturated carbocycles. The average Bonchev–Trinajstić information content (AvgIpc) is 2.77. The fraction of sp³-hybridized carbons (Fsp3) is 0.800. The number of carbonyl (C=O) groups is 1. The molecule has 1 heterocycles. The molecule has 1 atom stereocenters. The van der Waals surface area contributed by atoms with Gasteiger partial charge < -0.3 is 5.32 Å². The van der Waals surface area contributed by atoms with Crippen LogP contribution in [0.25, 0.3) is 0 Å². The molecule has 0 aromatic carbocycles. The highest BCUT2D eigenvalue weighted by molar-refractivity contribution is 6.00. The molecule has 2 rings (SSSR count). The number of Topliss-reactive ketones (excluding diaryl/α,β-unsaturated/α-hetero) is 1. The van der Waals surface area contributed by atoms with Gasteiger partial charge in [-0.1, -0.05) is 25.8 Å². The number of hydrogen-bond donors (Lipinski definition) is 1. The van der Waals surface area contributed by atoms with Gasteiger partial charge in [-0.05, 0) is 50.6 Å². The largest absolute Gasteiger partial charge is 0.316 e. The minimum absolute atomic E-state index is 0.0783. The Balaban J connectivity index is 2.11. The second-order valence-electron chi connectivity index (χ2n) is 5.57. The first-order valence-electron chi connectivity index (χ1n) is 7.23. The summed E-state index contributed by atoms with van der Waals surface area (Å²) in [5.74, 6) is 0.451. The predicted octanol–water partition coefficient (Wildman–Crippen LogP) is 3.23. The van der Waals surface area contributed by atoms with Crippen molar-refractivity contribution in [3.63, 3.8) is 0 Å². The Morgan fingerprint density at radius 3 is 2.88 bits per heavy atom. The molecule has 1 aliphatic heterocycles. The average molecular weight is 235 g/mol. The maximum Gasteiger partial charge on any atom is 0.165 e. The smallest absolute Gasteiger partial charge is 0.165 e. The Morgan fingerprint density at radius 2 is 2.18 bits per heavy atom. The number of allylic oxidation sites excluding steroid dienone is 2. The van der Waals surface area contributed by atoms with Crippen molar-refractivity contribution in [3.8, 4) is 0 Å². The zero-order valence-corrected chi connectivity index (χ0v) is 11.1. The van der Waals surface area contributed by atoms with E-state index in [1.54, 1.807) is 0 Å². The molecular weight excluding hydrogens is 210 g/mol. The Kier molecular flexibility index (Phi) is 4.38. The summed E-state index contributed by atoms with van der Waals surface area (Å²) in [7, 11) is 0. The molecule has 2 nitrogen and oxygen atoms in total. The molecular formula is C15H25NO. The third-order valence-corrected chi connectivity index (χ3v) is 4.48. The minimum Gasteiger partial charge on any atom is -0.316 e. The van der Waals surface area contributed by atoms with E-state index in [4.69, 9.17) is 0 Å². The molecule has 2 aliphatic rings. The van der Waals surface area contributed by atoms with Crippen molar-refractivity contribution in [1.82, 2.24) is 5.32 Å². The van der Waals surface area contributed by atoms with E-state index in [9.17, 15) is 4.79 Å². The van der Waals surface area contributed by atoms with Crippen LogP contribution in [0.5, 0.6) is 0 Å². The Morgan fingerprint density at radius 1 is 1.35 bits per heavy atom. The first kappa shape index (κ1) is 12.8. The van der Waals surface area contributed by atoms with Crippen molar-refractivity contribution in [2.75, 3.05) is 13.1 Å². The van der Waals surface area contributed by atoms with Crippen LogP contribution in [0.3, 0.4) is 0 Å². The van der Waals surface area contributed by atoms with Crippen molar-refractivity contribution in [2.45, 2.75) is 58.3 Å². The fourth-order valence-corrected chi connectivity index (χ4v) is 3.14. The Hall–Kier alpha value is -0.630. The summed E-state index contributed by atoms with van der Waals surface area (Å²) >= 11 is 0. The molecule has 0 amide bonds. The highest BCUT2D eigenvalue weighted by Crippen LogP contribution is 2.35. The normalized spacial score (nSPS) is 30.5. The van der Waals surface area contributed by atoms with E-state index < -0.39 is 0 Å². The molecule has 96 valence electrons. The van der Waals surface area contributed by atoms with E-state index in [2.05, 4.69) is 18.3 Å². The molecule has 1 saturated heterocycles. The van der Waals surface area contributed by atoms with Gasteiger partial charge in [0.2, 0.25) is 0 Å². The van der Waals surface area contributed by atoms with Gasteiger partial charge in [0.1, 0.15) is 0 Å². The topological polar surface area (TPSA) is 29.1 Å².